The van der Waals surface area contributed by atoms with Crippen molar-refractivity contribution in [3.8, 4) is 21.1 Å². The average Bonchev–Trinajstić information content (AvgIpc) is 3.44. The fourth-order valence-corrected chi connectivity index (χ4v) is 4.93. The number of thiazole rings is 1. The Labute approximate surface area is 180 Å². The number of H-pyrrole nitrogens is 1. The number of β-amino-alcohol motifs (C(OH)–C–C–N with tert-alkyl or cyclic N) is 1. The molecular weight excluding hydrogens is 422 g/mol. The lowest BCUT2D eigenvalue weighted by Gasteiger charge is -2.15. The summed E-state index contributed by atoms with van der Waals surface area (Å²) in [5.74, 6) is -1.84. The maximum atomic E-state index is 13.9. The minimum atomic E-state index is -0.734. The quantitative estimate of drug-likeness (QED) is 0.502. The first-order chi connectivity index (χ1) is 14.9. The summed E-state index contributed by atoms with van der Waals surface area (Å²) in [6, 6.07) is 8.92. The zero-order chi connectivity index (χ0) is 21.7. The van der Waals surface area contributed by atoms with Crippen molar-refractivity contribution in [2.24, 2.45) is 0 Å². The van der Waals surface area contributed by atoms with Crippen LogP contribution in [0.15, 0.2) is 36.4 Å². The molecule has 1 saturated heterocycles. The van der Waals surface area contributed by atoms with Crippen LogP contribution in [-0.4, -0.2) is 50.3 Å². The van der Waals surface area contributed by atoms with Crippen LogP contribution in [0.5, 0.6) is 0 Å². The van der Waals surface area contributed by atoms with E-state index in [4.69, 9.17) is 0 Å². The molecule has 5 rings (SSSR count). The minimum absolute atomic E-state index is 0.106. The Morgan fingerprint density at radius 3 is 2.74 bits per heavy atom. The highest BCUT2D eigenvalue weighted by atomic mass is 32.1. The van der Waals surface area contributed by atoms with Gasteiger partial charge in [0.1, 0.15) is 28.0 Å². The molecule has 31 heavy (non-hydrogen) atoms. The summed E-state index contributed by atoms with van der Waals surface area (Å²) in [6.45, 7) is 2.55. The molecule has 1 aliphatic rings. The Kier molecular flexibility index (Phi) is 4.79. The summed E-state index contributed by atoms with van der Waals surface area (Å²) in [5, 5.41) is 18.5. The van der Waals surface area contributed by atoms with E-state index in [1.807, 2.05) is 25.1 Å². The van der Waals surface area contributed by atoms with Gasteiger partial charge in [0, 0.05) is 24.5 Å². The molecular formula is C22H18F2N4O2S. The van der Waals surface area contributed by atoms with Gasteiger partial charge in [-0.15, -0.1) is 11.3 Å². The molecule has 2 aromatic heterocycles. The van der Waals surface area contributed by atoms with E-state index in [9.17, 15) is 18.7 Å². The molecule has 0 aliphatic carbocycles. The van der Waals surface area contributed by atoms with Crippen LogP contribution in [0.25, 0.3) is 32.0 Å². The number of carbonyl (C=O) groups is 1. The minimum Gasteiger partial charge on any atom is -0.391 e. The van der Waals surface area contributed by atoms with Gasteiger partial charge in [0.2, 0.25) is 0 Å². The van der Waals surface area contributed by atoms with Gasteiger partial charge in [-0.05, 0) is 36.6 Å². The molecule has 1 fully saturated rings. The van der Waals surface area contributed by atoms with Gasteiger partial charge in [-0.3, -0.25) is 9.89 Å². The molecule has 1 amide bonds. The third-order valence-electron chi connectivity index (χ3n) is 5.41. The van der Waals surface area contributed by atoms with Crippen LogP contribution in [0.2, 0.25) is 0 Å². The molecule has 0 spiro atoms. The Balaban J connectivity index is 1.68. The second-order valence-corrected chi connectivity index (χ2v) is 8.62. The Morgan fingerprint density at radius 1 is 1.26 bits per heavy atom. The number of para-hydroxylation sites is 1. The maximum absolute atomic E-state index is 13.9. The number of aliphatic hydroxyl groups is 1. The number of amides is 1. The van der Waals surface area contributed by atoms with Gasteiger partial charge in [0.25, 0.3) is 5.91 Å². The summed E-state index contributed by atoms with van der Waals surface area (Å²) >= 11 is 1.17. The van der Waals surface area contributed by atoms with Crippen molar-refractivity contribution in [3.05, 3.63) is 59.3 Å². The fourth-order valence-electron chi connectivity index (χ4n) is 3.87. The maximum Gasteiger partial charge on any atom is 0.274 e. The molecule has 0 bridgehead atoms. The number of fused-ring (bicyclic) bond motifs is 1. The number of likely N-dealkylation sites (tertiary alicyclic amines) is 1. The van der Waals surface area contributed by atoms with Crippen molar-refractivity contribution >= 4 is 28.1 Å². The summed E-state index contributed by atoms with van der Waals surface area (Å²) < 4.78 is 27.9. The van der Waals surface area contributed by atoms with Gasteiger partial charge in [-0.1, -0.05) is 18.2 Å². The number of carbonyl (C=O) groups excluding carboxylic acids is 1. The summed E-state index contributed by atoms with van der Waals surface area (Å²) in [7, 11) is 0. The van der Waals surface area contributed by atoms with Crippen LogP contribution < -0.4 is 0 Å². The summed E-state index contributed by atoms with van der Waals surface area (Å²) in [4.78, 5) is 19.7. The third-order valence-corrected chi connectivity index (χ3v) is 6.53. The molecule has 9 heteroatoms. The van der Waals surface area contributed by atoms with Crippen LogP contribution in [-0.2, 0) is 0 Å². The normalized spacial score (nSPS) is 16.4. The van der Waals surface area contributed by atoms with Crippen LogP contribution in [0.4, 0.5) is 8.78 Å². The zero-order valence-electron chi connectivity index (χ0n) is 16.5. The average molecular weight is 440 g/mol. The first kappa shape index (κ1) is 19.8. The highest BCUT2D eigenvalue weighted by Crippen LogP contribution is 2.39. The van der Waals surface area contributed by atoms with Crippen LogP contribution in [0, 0.1) is 18.6 Å². The lowest BCUT2D eigenvalue weighted by molar-refractivity contribution is 0.0761. The van der Waals surface area contributed by atoms with Crippen LogP contribution >= 0.6 is 11.3 Å². The molecule has 4 aromatic rings. The number of aromatic amines is 1. The number of aromatic nitrogens is 3. The van der Waals surface area contributed by atoms with Gasteiger partial charge >= 0.3 is 0 Å². The van der Waals surface area contributed by atoms with E-state index in [1.165, 1.54) is 28.4 Å². The van der Waals surface area contributed by atoms with Gasteiger partial charge in [0.15, 0.2) is 0 Å². The van der Waals surface area contributed by atoms with Crippen LogP contribution in [0.3, 0.4) is 0 Å². The largest absolute Gasteiger partial charge is 0.391 e. The van der Waals surface area contributed by atoms with E-state index in [2.05, 4.69) is 15.2 Å². The lowest BCUT2D eigenvalue weighted by Crippen LogP contribution is -2.30. The molecule has 3 heterocycles. The van der Waals surface area contributed by atoms with Crippen molar-refractivity contribution in [2.75, 3.05) is 13.1 Å². The fraction of sp³-hybridized carbons (Fsp3) is 0.227. The molecule has 6 nitrogen and oxygen atoms in total. The van der Waals surface area contributed by atoms with E-state index in [1.54, 1.807) is 0 Å². The second-order valence-electron chi connectivity index (χ2n) is 7.62. The standard InChI is InChI=1S/C22H18F2N4O2S/c1-11-3-2-4-16-17(11)26-27-18(16)21-25-19(22(30)28-6-5-15(29)10-28)20(31-21)12-7-13(23)9-14(24)8-12/h2-4,7-9,15,29H,5-6,10H2,1H3,(H,26,27)/t15-/m0/s1. The molecule has 158 valence electrons. The van der Waals surface area contributed by atoms with E-state index < -0.39 is 17.7 Å². The third kappa shape index (κ3) is 3.49. The van der Waals surface area contributed by atoms with Crippen molar-refractivity contribution in [2.45, 2.75) is 19.4 Å². The molecule has 0 radical (unpaired) electrons. The number of nitrogens with one attached hydrogen (secondary N) is 1. The van der Waals surface area contributed by atoms with Crippen LogP contribution in [0.1, 0.15) is 22.5 Å². The molecule has 1 atom stereocenters. The van der Waals surface area contributed by atoms with Gasteiger partial charge < -0.3 is 10.0 Å². The molecule has 2 aromatic carbocycles. The summed E-state index contributed by atoms with van der Waals surface area (Å²) in [6.07, 6.45) is -0.103. The van der Waals surface area contributed by atoms with Gasteiger partial charge in [0.05, 0.1) is 16.5 Å². The topological polar surface area (TPSA) is 82.1 Å². The number of hydrogen-bond acceptors (Lipinski definition) is 5. The predicted molar refractivity (Wildman–Crippen MR) is 114 cm³/mol. The first-order valence-electron chi connectivity index (χ1n) is 9.79. The van der Waals surface area contributed by atoms with Crippen molar-refractivity contribution in [1.82, 2.24) is 20.1 Å². The first-order valence-corrected chi connectivity index (χ1v) is 10.6. The van der Waals surface area contributed by atoms with E-state index in [0.29, 0.717) is 28.5 Å². The zero-order valence-corrected chi connectivity index (χ0v) is 17.3. The lowest BCUT2D eigenvalue weighted by atomic mass is 10.1. The smallest absolute Gasteiger partial charge is 0.274 e. The Hall–Kier alpha value is -3.17. The molecule has 2 N–H and O–H groups in total. The number of hydrogen-bond donors (Lipinski definition) is 2. The van der Waals surface area contributed by atoms with Crippen molar-refractivity contribution < 1.29 is 18.7 Å². The number of aryl methyl sites for hydroxylation is 1. The Morgan fingerprint density at radius 2 is 2.03 bits per heavy atom. The van der Waals surface area contributed by atoms with E-state index in [0.717, 1.165) is 22.5 Å². The monoisotopic (exact) mass is 440 g/mol. The highest BCUT2D eigenvalue weighted by Gasteiger charge is 2.30. The van der Waals surface area contributed by atoms with Crippen molar-refractivity contribution in [3.63, 3.8) is 0 Å². The molecule has 1 aliphatic heterocycles. The van der Waals surface area contributed by atoms with Gasteiger partial charge in [-0.25, -0.2) is 13.8 Å². The van der Waals surface area contributed by atoms with Gasteiger partial charge in [-0.2, -0.15) is 5.10 Å². The highest BCUT2D eigenvalue weighted by molar-refractivity contribution is 7.18. The summed E-state index contributed by atoms with van der Waals surface area (Å²) in [5.41, 5.74) is 2.77. The number of halogens is 2. The van der Waals surface area contributed by atoms with Crippen molar-refractivity contribution in [1.29, 1.82) is 0 Å². The SMILES string of the molecule is Cc1cccc2c(-c3nc(C(=O)N4CC[C@H](O)C4)c(-c4cc(F)cc(F)c4)s3)[nH]nc12. The number of rotatable bonds is 3. The second kappa shape index (κ2) is 7.51. The van der Waals surface area contributed by atoms with E-state index >= 15 is 0 Å². The molecule has 0 unspecified atom stereocenters. The molecule has 0 saturated carbocycles. The number of nitrogens with zero attached hydrogens (tertiary/aromatic N) is 3. The number of benzene rings is 2. The predicted octanol–water partition coefficient (Wildman–Crippen LogP) is 4.15. The van der Waals surface area contributed by atoms with E-state index in [-0.39, 0.29) is 23.7 Å². The number of aliphatic hydroxyl groups excluding tert-OH is 1. The Bertz CT molecular complexity index is 1300.